The minimum atomic E-state index is -0.333. The lowest BCUT2D eigenvalue weighted by molar-refractivity contribution is -0.140. The number of amides is 1. The quantitative estimate of drug-likeness (QED) is 0.359. The summed E-state index contributed by atoms with van der Waals surface area (Å²) in [6.07, 6.45) is 5.62. The molecule has 0 radical (unpaired) electrons. The Hall–Kier alpha value is -2.34. The molecular formula is C23H28BrNO4. The number of ether oxygens (including phenoxy) is 2. The number of carbonyl (C=O) groups is 2. The summed E-state index contributed by atoms with van der Waals surface area (Å²) in [6, 6.07) is 15.5. The van der Waals surface area contributed by atoms with Crippen molar-refractivity contribution in [1.29, 1.82) is 0 Å². The highest BCUT2D eigenvalue weighted by molar-refractivity contribution is 9.10. The van der Waals surface area contributed by atoms with Gasteiger partial charge in [-0.1, -0.05) is 40.9 Å². The molecule has 2 aromatic rings. The number of benzene rings is 2. The van der Waals surface area contributed by atoms with E-state index in [2.05, 4.69) is 26.0 Å². The molecule has 0 unspecified atom stereocenters. The van der Waals surface area contributed by atoms with Gasteiger partial charge in [-0.15, -0.1) is 0 Å². The van der Waals surface area contributed by atoms with Crippen LogP contribution in [0.5, 0.6) is 5.75 Å². The summed E-state index contributed by atoms with van der Waals surface area (Å²) >= 11 is 3.41. The lowest BCUT2D eigenvalue weighted by Gasteiger charge is -2.07. The van der Waals surface area contributed by atoms with Crippen molar-refractivity contribution >= 4 is 27.8 Å². The predicted molar refractivity (Wildman–Crippen MR) is 117 cm³/mol. The van der Waals surface area contributed by atoms with Crippen molar-refractivity contribution in [2.45, 2.75) is 38.5 Å². The van der Waals surface area contributed by atoms with Crippen molar-refractivity contribution < 1.29 is 19.1 Å². The largest absolute Gasteiger partial charge is 0.494 e. The third-order valence-electron chi connectivity index (χ3n) is 4.50. The van der Waals surface area contributed by atoms with Crippen molar-refractivity contribution in [3.63, 3.8) is 0 Å². The molecule has 0 atom stereocenters. The predicted octanol–water partition coefficient (Wildman–Crippen LogP) is 4.92. The topological polar surface area (TPSA) is 64.6 Å². The van der Waals surface area contributed by atoms with Crippen LogP contribution in [0.3, 0.4) is 0 Å². The molecule has 0 aliphatic carbocycles. The zero-order valence-corrected chi connectivity index (χ0v) is 18.4. The number of esters is 1. The Labute approximate surface area is 180 Å². The molecule has 0 heterocycles. The Morgan fingerprint density at radius 1 is 0.931 bits per heavy atom. The van der Waals surface area contributed by atoms with Gasteiger partial charge < -0.3 is 14.8 Å². The van der Waals surface area contributed by atoms with Gasteiger partial charge in [0.15, 0.2) is 0 Å². The standard InChI is InChI=1S/C23H28BrNO4/c1-28-22(26)15-16-25-23(27)19-9-7-18(8-10-19)6-4-2-3-5-17-29-21-13-11-20(24)12-14-21/h7-14H,2-6,15-17H2,1H3,(H,25,27). The molecule has 156 valence electrons. The molecule has 0 spiro atoms. The maximum atomic E-state index is 12.0. The van der Waals surface area contributed by atoms with Crippen LogP contribution in [0.25, 0.3) is 0 Å². The smallest absolute Gasteiger partial charge is 0.307 e. The van der Waals surface area contributed by atoms with Crippen molar-refractivity contribution in [1.82, 2.24) is 5.32 Å². The van der Waals surface area contributed by atoms with E-state index < -0.39 is 0 Å². The van der Waals surface area contributed by atoms with E-state index in [0.29, 0.717) is 5.56 Å². The second-order valence-corrected chi connectivity index (χ2v) is 7.66. The lowest BCUT2D eigenvalue weighted by Crippen LogP contribution is -2.26. The number of nitrogens with one attached hydrogen (secondary N) is 1. The highest BCUT2D eigenvalue weighted by Gasteiger charge is 2.06. The van der Waals surface area contributed by atoms with Gasteiger partial charge >= 0.3 is 5.97 Å². The number of rotatable bonds is 12. The Bertz CT molecular complexity index is 759. The molecule has 6 heteroatoms. The van der Waals surface area contributed by atoms with Crippen LogP contribution in [0.15, 0.2) is 53.0 Å². The SMILES string of the molecule is COC(=O)CCNC(=O)c1ccc(CCCCCCOc2ccc(Br)cc2)cc1. The minimum Gasteiger partial charge on any atom is -0.494 e. The lowest BCUT2D eigenvalue weighted by atomic mass is 10.0. The van der Waals surface area contributed by atoms with Gasteiger partial charge in [0, 0.05) is 16.6 Å². The second-order valence-electron chi connectivity index (χ2n) is 6.75. The molecule has 0 saturated heterocycles. The number of hydrogen-bond acceptors (Lipinski definition) is 4. The van der Waals surface area contributed by atoms with Gasteiger partial charge in [0.25, 0.3) is 5.91 Å². The monoisotopic (exact) mass is 461 g/mol. The Morgan fingerprint density at radius 2 is 1.62 bits per heavy atom. The third-order valence-corrected chi connectivity index (χ3v) is 5.03. The third kappa shape index (κ3) is 9.13. The molecular weight excluding hydrogens is 434 g/mol. The van der Waals surface area contributed by atoms with Gasteiger partial charge in [-0.2, -0.15) is 0 Å². The molecule has 0 aliphatic rings. The Balaban J connectivity index is 1.56. The van der Waals surface area contributed by atoms with E-state index >= 15 is 0 Å². The highest BCUT2D eigenvalue weighted by atomic mass is 79.9. The molecule has 1 amide bonds. The van der Waals surface area contributed by atoms with Crippen LogP contribution in [-0.4, -0.2) is 32.1 Å². The molecule has 5 nitrogen and oxygen atoms in total. The van der Waals surface area contributed by atoms with Crippen molar-refractivity contribution in [2.75, 3.05) is 20.3 Å². The number of unbranched alkanes of at least 4 members (excludes halogenated alkanes) is 3. The van der Waals surface area contributed by atoms with Crippen LogP contribution in [0.1, 0.15) is 48.0 Å². The van der Waals surface area contributed by atoms with Gasteiger partial charge in [-0.25, -0.2) is 0 Å². The van der Waals surface area contributed by atoms with Crippen molar-refractivity contribution in [3.05, 3.63) is 64.1 Å². The average molecular weight is 462 g/mol. The minimum absolute atomic E-state index is 0.175. The second kappa shape index (κ2) is 13.0. The van der Waals surface area contributed by atoms with E-state index in [4.69, 9.17) is 4.74 Å². The number of aryl methyl sites for hydroxylation is 1. The zero-order chi connectivity index (χ0) is 20.9. The van der Waals surface area contributed by atoms with E-state index in [0.717, 1.165) is 48.9 Å². The zero-order valence-electron chi connectivity index (χ0n) is 16.8. The summed E-state index contributed by atoms with van der Waals surface area (Å²) in [5, 5.41) is 2.72. The molecule has 0 aromatic heterocycles. The van der Waals surface area contributed by atoms with Gasteiger partial charge in [0.2, 0.25) is 0 Å². The van der Waals surface area contributed by atoms with E-state index in [9.17, 15) is 9.59 Å². The highest BCUT2D eigenvalue weighted by Crippen LogP contribution is 2.16. The van der Waals surface area contributed by atoms with Gasteiger partial charge in [0.1, 0.15) is 5.75 Å². The van der Waals surface area contributed by atoms with Gasteiger partial charge in [-0.3, -0.25) is 9.59 Å². The molecule has 0 aliphatic heterocycles. The summed E-state index contributed by atoms with van der Waals surface area (Å²) in [5.74, 6) is 0.398. The van der Waals surface area contributed by atoms with Crippen LogP contribution in [-0.2, 0) is 16.0 Å². The number of methoxy groups -OCH3 is 1. The normalized spacial score (nSPS) is 10.4. The van der Waals surface area contributed by atoms with E-state index in [1.54, 1.807) is 0 Å². The first kappa shape index (κ1) is 22.9. The molecule has 2 aromatic carbocycles. The molecule has 2 rings (SSSR count). The fourth-order valence-corrected chi connectivity index (χ4v) is 3.07. The fraction of sp³-hybridized carbons (Fsp3) is 0.391. The Kier molecular flexibility index (Phi) is 10.3. The summed E-state index contributed by atoms with van der Waals surface area (Å²) in [4.78, 5) is 23.1. The Morgan fingerprint density at radius 3 is 2.31 bits per heavy atom. The van der Waals surface area contributed by atoms with Crippen LogP contribution >= 0.6 is 15.9 Å². The maximum absolute atomic E-state index is 12.0. The molecule has 0 saturated carbocycles. The molecule has 29 heavy (non-hydrogen) atoms. The molecule has 0 fully saturated rings. The van der Waals surface area contributed by atoms with Crippen LogP contribution in [0.4, 0.5) is 0 Å². The average Bonchev–Trinajstić information content (AvgIpc) is 2.74. The first-order chi connectivity index (χ1) is 14.1. The van der Waals surface area contributed by atoms with Crippen LogP contribution < -0.4 is 10.1 Å². The van der Waals surface area contributed by atoms with Crippen molar-refractivity contribution in [2.24, 2.45) is 0 Å². The van der Waals surface area contributed by atoms with E-state index in [1.165, 1.54) is 12.7 Å². The summed E-state index contributed by atoms with van der Waals surface area (Å²) in [5.41, 5.74) is 1.82. The van der Waals surface area contributed by atoms with E-state index in [-0.39, 0.29) is 24.8 Å². The molecule has 0 bridgehead atoms. The number of halogens is 1. The number of hydrogen-bond donors (Lipinski definition) is 1. The fourth-order valence-electron chi connectivity index (χ4n) is 2.81. The van der Waals surface area contributed by atoms with E-state index in [1.807, 2.05) is 48.5 Å². The maximum Gasteiger partial charge on any atom is 0.307 e. The van der Waals surface area contributed by atoms with Crippen LogP contribution in [0, 0.1) is 0 Å². The molecule has 1 N–H and O–H groups in total. The van der Waals surface area contributed by atoms with Crippen LogP contribution in [0.2, 0.25) is 0 Å². The number of carbonyl (C=O) groups excluding carboxylic acids is 2. The first-order valence-electron chi connectivity index (χ1n) is 9.91. The van der Waals surface area contributed by atoms with Crippen molar-refractivity contribution in [3.8, 4) is 5.75 Å². The summed E-state index contributed by atoms with van der Waals surface area (Å²) in [7, 11) is 1.33. The summed E-state index contributed by atoms with van der Waals surface area (Å²) < 4.78 is 11.3. The first-order valence-corrected chi connectivity index (χ1v) is 10.7. The summed E-state index contributed by atoms with van der Waals surface area (Å²) in [6.45, 7) is 1.01. The van der Waals surface area contributed by atoms with Gasteiger partial charge in [0.05, 0.1) is 20.1 Å². The van der Waals surface area contributed by atoms with Gasteiger partial charge in [-0.05, 0) is 61.2 Å².